The fraction of sp³-hybridized carbons (Fsp3) is 0.125. The first kappa shape index (κ1) is 23.6. The highest BCUT2D eigenvalue weighted by molar-refractivity contribution is 6.98. The van der Waals surface area contributed by atoms with Crippen LogP contribution in [0.3, 0.4) is 0 Å². The molecule has 0 unspecified atom stereocenters. The standard InChI is InChI=1S/C32H30Si2/c1-33(2,25-23-27-15-7-5-8-16-27)31-21-13-11-19-29(31)30-20-12-14-22-32(30)34(3,4)26-24-28-17-9-6-10-18-28/h5-22H,1-4H3. The Morgan fingerprint density at radius 1 is 0.412 bits per heavy atom. The summed E-state index contributed by atoms with van der Waals surface area (Å²) in [7, 11) is -4.05. The van der Waals surface area contributed by atoms with Gasteiger partial charge < -0.3 is 0 Å². The summed E-state index contributed by atoms with van der Waals surface area (Å²) in [5.41, 5.74) is 12.1. The van der Waals surface area contributed by atoms with Crippen LogP contribution >= 0.6 is 0 Å². The number of hydrogen-bond acceptors (Lipinski definition) is 0. The van der Waals surface area contributed by atoms with E-state index in [4.69, 9.17) is 0 Å². The zero-order chi connectivity index (χ0) is 24.0. The molecule has 0 aliphatic heterocycles. The molecular weight excluding hydrogens is 441 g/mol. The Morgan fingerprint density at radius 2 is 0.735 bits per heavy atom. The van der Waals surface area contributed by atoms with Crippen LogP contribution < -0.4 is 10.4 Å². The van der Waals surface area contributed by atoms with Crippen molar-refractivity contribution in [1.29, 1.82) is 0 Å². The number of benzene rings is 4. The second-order valence-electron chi connectivity index (χ2n) is 9.57. The van der Waals surface area contributed by atoms with E-state index in [9.17, 15) is 0 Å². The molecular formula is C32H30Si2. The van der Waals surface area contributed by atoms with Crippen LogP contribution in [0.5, 0.6) is 0 Å². The van der Waals surface area contributed by atoms with Crippen molar-refractivity contribution in [2.45, 2.75) is 26.2 Å². The van der Waals surface area contributed by atoms with Crippen molar-refractivity contribution < 1.29 is 0 Å². The van der Waals surface area contributed by atoms with Gasteiger partial charge in [-0.3, -0.25) is 0 Å². The molecule has 0 amide bonds. The highest BCUT2D eigenvalue weighted by atomic mass is 28.3. The predicted octanol–water partition coefficient (Wildman–Crippen LogP) is 6.37. The van der Waals surface area contributed by atoms with Gasteiger partial charge in [-0.2, -0.15) is 0 Å². The van der Waals surface area contributed by atoms with Gasteiger partial charge in [0.2, 0.25) is 0 Å². The van der Waals surface area contributed by atoms with Crippen LogP contribution in [0, 0.1) is 22.9 Å². The van der Waals surface area contributed by atoms with E-state index in [-0.39, 0.29) is 0 Å². The molecule has 0 saturated heterocycles. The zero-order valence-corrected chi connectivity index (χ0v) is 22.4. The lowest BCUT2D eigenvalue weighted by Gasteiger charge is -2.25. The zero-order valence-electron chi connectivity index (χ0n) is 20.4. The quantitative estimate of drug-likeness (QED) is 0.241. The summed E-state index contributed by atoms with van der Waals surface area (Å²) < 4.78 is 0. The molecule has 0 aliphatic carbocycles. The molecule has 0 radical (unpaired) electrons. The molecule has 166 valence electrons. The van der Waals surface area contributed by atoms with Crippen molar-refractivity contribution in [3.8, 4) is 34.1 Å². The van der Waals surface area contributed by atoms with Crippen molar-refractivity contribution in [2.24, 2.45) is 0 Å². The van der Waals surface area contributed by atoms with E-state index in [1.54, 1.807) is 0 Å². The maximum Gasteiger partial charge on any atom is 0.163 e. The Hall–Kier alpha value is -3.57. The summed E-state index contributed by atoms with van der Waals surface area (Å²) in [5.74, 6) is 6.89. The lowest BCUT2D eigenvalue weighted by molar-refractivity contribution is 1.63. The average molecular weight is 471 g/mol. The van der Waals surface area contributed by atoms with Crippen LogP contribution in [0.15, 0.2) is 109 Å². The highest BCUT2D eigenvalue weighted by Gasteiger charge is 2.29. The third-order valence-electron chi connectivity index (χ3n) is 6.08. The summed E-state index contributed by atoms with van der Waals surface area (Å²) in [6, 6.07) is 38.3. The van der Waals surface area contributed by atoms with Crippen molar-refractivity contribution in [3.05, 3.63) is 120 Å². The number of hydrogen-bond donors (Lipinski definition) is 0. The van der Waals surface area contributed by atoms with Gasteiger partial charge in [0.15, 0.2) is 16.1 Å². The smallest absolute Gasteiger partial charge is 0.121 e. The molecule has 0 aromatic heterocycles. The molecule has 4 aromatic rings. The summed E-state index contributed by atoms with van der Waals surface area (Å²) in [6.45, 7) is 9.40. The molecule has 4 aromatic carbocycles. The van der Waals surface area contributed by atoms with Crippen LogP contribution in [-0.2, 0) is 0 Å². The second-order valence-corrected chi connectivity index (χ2v) is 17.7. The molecule has 4 rings (SSSR count). The maximum absolute atomic E-state index is 3.68. The van der Waals surface area contributed by atoms with E-state index in [1.165, 1.54) is 21.5 Å². The topological polar surface area (TPSA) is 0 Å². The second kappa shape index (κ2) is 10.1. The summed E-state index contributed by atoms with van der Waals surface area (Å²) in [6.07, 6.45) is 0. The Balaban J connectivity index is 1.78. The van der Waals surface area contributed by atoms with Crippen molar-refractivity contribution in [2.75, 3.05) is 0 Å². The Labute approximate surface area is 206 Å². The van der Waals surface area contributed by atoms with E-state index >= 15 is 0 Å². The average Bonchev–Trinajstić information content (AvgIpc) is 2.88. The minimum absolute atomic E-state index is 1.07. The van der Waals surface area contributed by atoms with Crippen LogP contribution in [-0.4, -0.2) is 16.1 Å². The van der Waals surface area contributed by atoms with E-state index in [1.807, 2.05) is 36.4 Å². The molecule has 0 atom stereocenters. The van der Waals surface area contributed by atoms with E-state index in [0.717, 1.165) is 11.1 Å². The van der Waals surface area contributed by atoms with Crippen LogP contribution in [0.2, 0.25) is 26.2 Å². The lowest BCUT2D eigenvalue weighted by atomic mass is 10.1. The van der Waals surface area contributed by atoms with Gasteiger partial charge >= 0.3 is 0 Å². The van der Waals surface area contributed by atoms with Gasteiger partial charge in [-0.15, -0.1) is 11.1 Å². The molecule has 34 heavy (non-hydrogen) atoms. The summed E-state index contributed by atoms with van der Waals surface area (Å²) in [5, 5.41) is 2.76. The number of rotatable bonds is 3. The van der Waals surface area contributed by atoms with E-state index in [0.29, 0.717) is 0 Å². The van der Waals surface area contributed by atoms with E-state index < -0.39 is 16.1 Å². The van der Waals surface area contributed by atoms with Gasteiger partial charge in [0.05, 0.1) is 0 Å². The minimum Gasteiger partial charge on any atom is -0.121 e. The minimum atomic E-state index is -2.02. The molecule has 0 aliphatic rings. The molecule has 0 spiro atoms. The van der Waals surface area contributed by atoms with Crippen LogP contribution in [0.25, 0.3) is 11.1 Å². The fourth-order valence-corrected chi connectivity index (χ4v) is 8.15. The van der Waals surface area contributed by atoms with Crippen LogP contribution in [0.4, 0.5) is 0 Å². The SMILES string of the molecule is C[Si](C)(C#Cc1ccccc1)c1ccccc1-c1ccccc1[Si](C)(C)C#Cc1ccccc1. The van der Waals surface area contributed by atoms with Gasteiger partial charge in [-0.1, -0.05) is 123 Å². The summed E-state index contributed by atoms with van der Waals surface area (Å²) >= 11 is 0. The molecule has 0 nitrogen and oxygen atoms in total. The van der Waals surface area contributed by atoms with Gasteiger partial charge in [0.1, 0.15) is 0 Å². The first-order chi connectivity index (χ1) is 16.4. The molecule has 0 bridgehead atoms. The fourth-order valence-electron chi connectivity index (χ4n) is 4.16. The first-order valence-electron chi connectivity index (χ1n) is 11.7. The third-order valence-corrected chi connectivity index (χ3v) is 11.1. The normalized spacial score (nSPS) is 11.1. The summed E-state index contributed by atoms with van der Waals surface area (Å²) in [4.78, 5) is 0. The lowest BCUT2D eigenvalue weighted by Crippen LogP contribution is -2.45. The van der Waals surface area contributed by atoms with Crippen molar-refractivity contribution in [3.63, 3.8) is 0 Å². The Bertz CT molecular complexity index is 1280. The molecule has 0 N–H and O–H groups in total. The third kappa shape index (κ3) is 5.49. The Kier molecular flexibility index (Phi) is 7.04. The molecule has 0 saturated carbocycles. The first-order valence-corrected chi connectivity index (χ1v) is 17.7. The predicted molar refractivity (Wildman–Crippen MR) is 153 cm³/mol. The molecule has 0 fully saturated rings. The van der Waals surface area contributed by atoms with Crippen molar-refractivity contribution in [1.82, 2.24) is 0 Å². The highest BCUT2D eigenvalue weighted by Crippen LogP contribution is 2.22. The van der Waals surface area contributed by atoms with E-state index in [2.05, 4.69) is 122 Å². The van der Waals surface area contributed by atoms with Gasteiger partial charge in [0, 0.05) is 11.1 Å². The molecule has 0 heterocycles. The molecule has 2 heteroatoms. The van der Waals surface area contributed by atoms with Gasteiger partial charge in [-0.25, -0.2) is 0 Å². The van der Waals surface area contributed by atoms with Crippen molar-refractivity contribution >= 4 is 26.5 Å². The Morgan fingerprint density at radius 3 is 1.12 bits per heavy atom. The monoisotopic (exact) mass is 470 g/mol. The van der Waals surface area contributed by atoms with Gasteiger partial charge in [-0.05, 0) is 45.8 Å². The maximum atomic E-state index is 3.68. The van der Waals surface area contributed by atoms with Gasteiger partial charge in [0.25, 0.3) is 0 Å². The largest absolute Gasteiger partial charge is 0.163 e. The van der Waals surface area contributed by atoms with Crippen LogP contribution in [0.1, 0.15) is 11.1 Å².